The van der Waals surface area contributed by atoms with Crippen LogP contribution in [-0.4, -0.2) is 17.5 Å². The molecule has 2 aromatic carbocycles. The zero-order chi connectivity index (χ0) is 18.8. The van der Waals surface area contributed by atoms with E-state index in [0.717, 1.165) is 0 Å². The molecule has 0 aliphatic rings. The van der Waals surface area contributed by atoms with Crippen molar-refractivity contribution in [2.45, 2.75) is 0 Å². The number of methoxy groups -OCH3 is 1. The highest BCUT2D eigenvalue weighted by Crippen LogP contribution is 2.32. The van der Waals surface area contributed by atoms with Gasteiger partial charge in [-0.3, -0.25) is 4.79 Å². The Morgan fingerprint density at radius 2 is 1.96 bits per heavy atom. The average molecular weight is 386 g/mol. The van der Waals surface area contributed by atoms with Crippen LogP contribution in [0.25, 0.3) is 5.69 Å². The van der Waals surface area contributed by atoms with E-state index in [1.165, 1.54) is 25.4 Å². The zero-order valence-corrected chi connectivity index (χ0v) is 15.2. The Labute approximate surface area is 160 Å². The molecule has 0 bridgehead atoms. The van der Waals surface area contributed by atoms with Gasteiger partial charge < -0.3 is 15.0 Å². The van der Waals surface area contributed by atoms with Crippen LogP contribution in [0.4, 0.5) is 5.69 Å². The number of para-hydroxylation sites is 2. The van der Waals surface area contributed by atoms with Crippen LogP contribution in [-0.2, 0) is 0 Å². The topological polar surface area (TPSA) is 81.0 Å². The minimum absolute atomic E-state index is 0.0782. The highest BCUT2D eigenvalue weighted by molar-refractivity contribution is 6.37. The monoisotopic (exact) mass is 385 g/mol. The Morgan fingerprint density at radius 1 is 1.23 bits per heavy atom. The SMILES string of the molecule is COc1ccccc1-n1cc(C#N)c(N)c1C(=O)c1ccc(Cl)cc1Cl. The summed E-state index contributed by atoms with van der Waals surface area (Å²) in [6.45, 7) is 0. The maximum atomic E-state index is 13.1. The van der Waals surface area contributed by atoms with Crippen LogP contribution in [0.1, 0.15) is 21.6 Å². The predicted octanol–water partition coefficient (Wildman–Crippen LogP) is 4.48. The summed E-state index contributed by atoms with van der Waals surface area (Å²) >= 11 is 12.1. The number of carbonyl (C=O) groups excluding carboxylic acids is 1. The van der Waals surface area contributed by atoms with Crippen molar-refractivity contribution in [3.63, 3.8) is 0 Å². The molecule has 1 aromatic heterocycles. The van der Waals surface area contributed by atoms with Gasteiger partial charge in [0, 0.05) is 16.8 Å². The molecule has 0 fully saturated rings. The van der Waals surface area contributed by atoms with Gasteiger partial charge in [-0.2, -0.15) is 5.26 Å². The number of anilines is 1. The summed E-state index contributed by atoms with van der Waals surface area (Å²) < 4.78 is 6.90. The number of nitrogens with zero attached hydrogens (tertiary/aromatic N) is 2. The van der Waals surface area contributed by atoms with Crippen LogP contribution in [0.15, 0.2) is 48.7 Å². The van der Waals surface area contributed by atoms with Crippen LogP contribution in [0.2, 0.25) is 10.0 Å². The van der Waals surface area contributed by atoms with E-state index in [0.29, 0.717) is 16.5 Å². The quantitative estimate of drug-likeness (QED) is 0.671. The van der Waals surface area contributed by atoms with Crippen molar-refractivity contribution >= 4 is 34.7 Å². The van der Waals surface area contributed by atoms with Gasteiger partial charge in [-0.05, 0) is 30.3 Å². The molecule has 0 amide bonds. The molecule has 0 spiro atoms. The number of benzene rings is 2. The fraction of sp³-hybridized carbons (Fsp3) is 0.0526. The lowest BCUT2D eigenvalue weighted by Gasteiger charge is -2.13. The molecule has 0 saturated heterocycles. The number of ether oxygens (including phenoxy) is 1. The molecule has 3 rings (SSSR count). The van der Waals surface area contributed by atoms with Gasteiger partial charge in [0.05, 0.1) is 29.1 Å². The van der Waals surface area contributed by atoms with E-state index in [1.807, 2.05) is 6.07 Å². The van der Waals surface area contributed by atoms with Crippen molar-refractivity contribution in [3.05, 3.63) is 75.5 Å². The lowest BCUT2D eigenvalue weighted by atomic mass is 10.1. The molecule has 2 N–H and O–H groups in total. The number of halogens is 2. The highest BCUT2D eigenvalue weighted by Gasteiger charge is 2.25. The molecule has 5 nitrogen and oxygen atoms in total. The molecular formula is C19H13Cl2N3O2. The van der Waals surface area contributed by atoms with E-state index >= 15 is 0 Å². The molecule has 130 valence electrons. The third-order valence-corrected chi connectivity index (χ3v) is 4.45. The first-order chi connectivity index (χ1) is 12.5. The number of hydrogen-bond acceptors (Lipinski definition) is 4. The highest BCUT2D eigenvalue weighted by atomic mass is 35.5. The number of rotatable bonds is 4. The largest absolute Gasteiger partial charge is 0.495 e. The summed E-state index contributed by atoms with van der Waals surface area (Å²) in [4.78, 5) is 13.1. The van der Waals surface area contributed by atoms with Crippen LogP contribution in [0.5, 0.6) is 5.75 Å². The predicted molar refractivity (Wildman–Crippen MR) is 101 cm³/mol. The number of carbonyl (C=O) groups is 1. The van der Waals surface area contributed by atoms with Crippen LogP contribution < -0.4 is 10.5 Å². The summed E-state index contributed by atoms with van der Waals surface area (Å²) in [5, 5.41) is 9.96. The number of hydrogen-bond donors (Lipinski definition) is 1. The van der Waals surface area contributed by atoms with Crippen LogP contribution >= 0.6 is 23.2 Å². The van der Waals surface area contributed by atoms with Gasteiger partial charge in [-0.15, -0.1) is 0 Å². The van der Waals surface area contributed by atoms with Crippen molar-refractivity contribution in [2.24, 2.45) is 0 Å². The molecule has 0 unspecified atom stereocenters. The number of nitriles is 1. The van der Waals surface area contributed by atoms with Gasteiger partial charge in [-0.1, -0.05) is 35.3 Å². The summed E-state index contributed by atoms with van der Waals surface area (Å²) in [5.74, 6) is 0.111. The number of aromatic nitrogens is 1. The van der Waals surface area contributed by atoms with E-state index in [1.54, 1.807) is 34.9 Å². The van der Waals surface area contributed by atoms with Crippen molar-refractivity contribution in [1.82, 2.24) is 4.57 Å². The minimum atomic E-state index is -0.420. The summed E-state index contributed by atoms with van der Waals surface area (Å²) in [5.41, 5.74) is 7.30. The molecule has 0 atom stereocenters. The van der Waals surface area contributed by atoms with E-state index in [9.17, 15) is 10.1 Å². The lowest BCUT2D eigenvalue weighted by Crippen LogP contribution is -2.12. The van der Waals surface area contributed by atoms with E-state index in [-0.39, 0.29) is 27.5 Å². The molecule has 0 radical (unpaired) electrons. The van der Waals surface area contributed by atoms with Crippen molar-refractivity contribution in [2.75, 3.05) is 12.8 Å². The van der Waals surface area contributed by atoms with Crippen LogP contribution in [0, 0.1) is 11.3 Å². The number of nitrogens with two attached hydrogens (primary N) is 1. The second kappa shape index (κ2) is 7.12. The first kappa shape index (κ1) is 17.9. The van der Waals surface area contributed by atoms with Gasteiger partial charge in [0.1, 0.15) is 17.5 Å². The molecule has 0 aliphatic heterocycles. The van der Waals surface area contributed by atoms with Crippen molar-refractivity contribution in [3.8, 4) is 17.5 Å². The van der Waals surface area contributed by atoms with Gasteiger partial charge >= 0.3 is 0 Å². The molecule has 7 heteroatoms. The second-order valence-corrected chi connectivity index (χ2v) is 6.26. The lowest BCUT2D eigenvalue weighted by molar-refractivity contribution is 0.103. The van der Waals surface area contributed by atoms with Gasteiger partial charge in [0.2, 0.25) is 5.78 Å². The Kier molecular flexibility index (Phi) is 4.90. The maximum absolute atomic E-state index is 13.1. The van der Waals surface area contributed by atoms with Crippen molar-refractivity contribution < 1.29 is 9.53 Å². The Bertz CT molecular complexity index is 1050. The molecule has 3 aromatic rings. The van der Waals surface area contributed by atoms with E-state index < -0.39 is 5.78 Å². The zero-order valence-electron chi connectivity index (χ0n) is 13.7. The first-order valence-corrected chi connectivity index (χ1v) is 8.27. The third-order valence-electron chi connectivity index (χ3n) is 3.90. The smallest absolute Gasteiger partial charge is 0.213 e. The third kappa shape index (κ3) is 3.01. The fourth-order valence-electron chi connectivity index (χ4n) is 2.66. The Morgan fingerprint density at radius 3 is 2.62 bits per heavy atom. The fourth-order valence-corrected chi connectivity index (χ4v) is 3.16. The summed E-state index contributed by atoms with van der Waals surface area (Å²) in [7, 11) is 1.52. The maximum Gasteiger partial charge on any atom is 0.213 e. The van der Waals surface area contributed by atoms with Crippen molar-refractivity contribution in [1.29, 1.82) is 5.26 Å². The summed E-state index contributed by atoms with van der Waals surface area (Å²) in [6.07, 6.45) is 1.50. The number of nitrogen functional groups attached to an aromatic ring is 1. The second-order valence-electron chi connectivity index (χ2n) is 5.41. The Hall–Kier alpha value is -2.94. The van der Waals surface area contributed by atoms with Crippen LogP contribution in [0.3, 0.4) is 0 Å². The number of ketones is 1. The average Bonchev–Trinajstić information content (AvgIpc) is 2.97. The Balaban J connectivity index is 2.26. The van der Waals surface area contributed by atoms with Gasteiger partial charge in [0.25, 0.3) is 0 Å². The van der Waals surface area contributed by atoms with Gasteiger partial charge in [-0.25, -0.2) is 0 Å². The minimum Gasteiger partial charge on any atom is -0.495 e. The molecule has 1 heterocycles. The summed E-state index contributed by atoms with van der Waals surface area (Å²) in [6, 6.07) is 13.7. The molecule has 0 aliphatic carbocycles. The van der Waals surface area contributed by atoms with Gasteiger partial charge in [0.15, 0.2) is 0 Å². The molecule has 26 heavy (non-hydrogen) atoms. The normalized spacial score (nSPS) is 10.4. The van der Waals surface area contributed by atoms with E-state index in [2.05, 4.69) is 0 Å². The standard InChI is InChI=1S/C19H13Cl2N3O2/c1-26-16-5-3-2-4-15(16)24-10-11(9-22)17(23)18(24)19(25)13-7-6-12(20)8-14(13)21/h2-8,10H,23H2,1H3. The molecule has 0 saturated carbocycles. The van der Waals surface area contributed by atoms with E-state index in [4.69, 9.17) is 33.7 Å². The molecular weight excluding hydrogens is 373 g/mol. The first-order valence-electron chi connectivity index (χ1n) is 7.52.